The quantitative estimate of drug-likeness (QED) is 0.392. The van der Waals surface area contributed by atoms with E-state index < -0.39 is 0 Å². The molecule has 0 fully saturated rings. The van der Waals surface area contributed by atoms with Crippen LogP contribution in [0.5, 0.6) is 0 Å². The number of hydrogen-bond acceptors (Lipinski definition) is 8. The summed E-state index contributed by atoms with van der Waals surface area (Å²) in [5, 5.41) is 17.1. The zero-order valence-electron chi connectivity index (χ0n) is 14.6. The van der Waals surface area contributed by atoms with Gasteiger partial charge in [-0.15, -0.1) is 0 Å². The highest BCUT2D eigenvalue weighted by atomic mass is 79.9. The van der Waals surface area contributed by atoms with Crippen molar-refractivity contribution in [2.75, 3.05) is 23.7 Å². The Morgan fingerprint density at radius 3 is 1.67 bits per heavy atom. The molecule has 0 saturated heterocycles. The summed E-state index contributed by atoms with van der Waals surface area (Å²) >= 11 is 6.93. The smallest absolute Gasteiger partial charge is 0.164 e. The third kappa shape index (κ3) is 3.34. The minimum atomic E-state index is 0.728. The van der Waals surface area contributed by atoms with Crippen LogP contribution in [0.2, 0.25) is 0 Å². The summed E-state index contributed by atoms with van der Waals surface area (Å²) in [6.45, 7) is 1.48. The number of aromatic nitrogens is 8. The third-order valence-electron chi connectivity index (χ3n) is 4.09. The Kier molecular flexibility index (Phi) is 4.91. The van der Waals surface area contributed by atoms with Crippen molar-refractivity contribution in [2.45, 2.75) is 6.42 Å². The van der Waals surface area contributed by atoms with E-state index in [1.165, 1.54) is 12.7 Å². The first-order valence-corrected chi connectivity index (χ1v) is 9.79. The van der Waals surface area contributed by atoms with E-state index in [4.69, 9.17) is 0 Å². The molecule has 0 unspecified atom stereocenters. The Bertz CT molecular complexity index is 1030. The molecule has 4 aromatic heterocycles. The molecule has 0 amide bonds. The van der Waals surface area contributed by atoms with Crippen molar-refractivity contribution in [3.63, 3.8) is 0 Å². The minimum Gasteiger partial charge on any atom is -0.369 e. The molecule has 4 heterocycles. The van der Waals surface area contributed by atoms with Crippen LogP contribution in [0.15, 0.2) is 21.9 Å². The molecule has 0 bridgehead atoms. The van der Waals surface area contributed by atoms with Crippen LogP contribution in [0, 0.1) is 0 Å². The van der Waals surface area contributed by atoms with Gasteiger partial charge < -0.3 is 10.6 Å². The number of fused-ring (bicyclic) bond motifs is 2. The number of halogens is 2. The van der Waals surface area contributed by atoms with Gasteiger partial charge in [0.25, 0.3) is 0 Å². The molecule has 4 aromatic rings. The Morgan fingerprint density at radius 2 is 1.22 bits per heavy atom. The number of hydrogen-bond donors (Lipinski definition) is 2. The van der Waals surface area contributed by atoms with Gasteiger partial charge in [-0.25, -0.2) is 29.3 Å². The summed E-state index contributed by atoms with van der Waals surface area (Å²) < 4.78 is 4.90. The fourth-order valence-electron chi connectivity index (χ4n) is 2.85. The van der Waals surface area contributed by atoms with Gasteiger partial charge in [0.1, 0.15) is 33.5 Å². The predicted octanol–water partition coefficient (Wildman–Crippen LogP) is 2.48. The second-order valence-electron chi connectivity index (χ2n) is 5.88. The summed E-state index contributed by atoms with van der Waals surface area (Å²) in [5.41, 5.74) is 1.56. The fraction of sp³-hybridized carbons (Fsp3) is 0.333. The maximum absolute atomic E-state index is 4.33. The Labute approximate surface area is 171 Å². The van der Waals surface area contributed by atoms with Crippen molar-refractivity contribution in [2.24, 2.45) is 14.1 Å². The maximum atomic E-state index is 4.33. The molecule has 140 valence electrons. The second-order valence-corrected chi connectivity index (χ2v) is 7.38. The van der Waals surface area contributed by atoms with Crippen LogP contribution >= 0.6 is 31.9 Å². The molecule has 0 spiro atoms. The minimum absolute atomic E-state index is 0.728. The summed E-state index contributed by atoms with van der Waals surface area (Å²) in [4.78, 5) is 17.2. The average Bonchev–Trinajstić information content (AvgIpc) is 3.11. The molecule has 4 rings (SSSR count). The van der Waals surface area contributed by atoms with Crippen LogP contribution in [0.3, 0.4) is 0 Å². The zero-order valence-corrected chi connectivity index (χ0v) is 17.8. The van der Waals surface area contributed by atoms with E-state index in [9.17, 15) is 0 Å². The van der Waals surface area contributed by atoms with Crippen LogP contribution < -0.4 is 10.6 Å². The first-order chi connectivity index (χ1) is 13.1. The molecule has 12 heteroatoms. The monoisotopic (exact) mass is 494 g/mol. The van der Waals surface area contributed by atoms with Crippen LogP contribution in [0.25, 0.3) is 22.1 Å². The topological polar surface area (TPSA) is 111 Å². The number of nitrogens with one attached hydrogen (secondary N) is 2. The molecule has 0 radical (unpaired) electrons. The molecule has 0 aliphatic carbocycles. The van der Waals surface area contributed by atoms with Crippen LogP contribution in [0.1, 0.15) is 6.42 Å². The molecule has 2 N–H and O–H groups in total. The average molecular weight is 496 g/mol. The summed E-state index contributed by atoms with van der Waals surface area (Å²) in [7, 11) is 3.71. The van der Waals surface area contributed by atoms with Crippen molar-refractivity contribution < 1.29 is 0 Å². The molecule has 0 aliphatic rings. The van der Waals surface area contributed by atoms with Gasteiger partial charge in [0.15, 0.2) is 11.3 Å². The first kappa shape index (κ1) is 18.0. The molecule has 0 atom stereocenters. The Hall–Kier alpha value is -2.34. The fourth-order valence-corrected chi connectivity index (χ4v) is 4.06. The van der Waals surface area contributed by atoms with E-state index in [-0.39, 0.29) is 0 Å². The van der Waals surface area contributed by atoms with Gasteiger partial charge in [-0.1, -0.05) is 0 Å². The number of rotatable bonds is 6. The van der Waals surface area contributed by atoms with E-state index in [0.29, 0.717) is 0 Å². The van der Waals surface area contributed by atoms with Crippen molar-refractivity contribution in [3.8, 4) is 0 Å². The molecular weight excluding hydrogens is 480 g/mol. The first-order valence-electron chi connectivity index (χ1n) is 8.20. The van der Waals surface area contributed by atoms with E-state index >= 15 is 0 Å². The van der Waals surface area contributed by atoms with Crippen LogP contribution in [0.4, 0.5) is 11.6 Å². The van der Waals surface area contributed by atoms with Gasteiger partial charge in [-0.05, 0) is 38.3 Å². The summed E-state index contributed by atoms with van der Waals surface area (Å²) in [6.07, 6.45) is 3.94. The Morgan fingerprint density at radius 1 is 0.778 bits per heavy atom. The molecule has 0 aromatic carbocycles. The van der Waals surface area contributed by atoms with Crippen molar-refractivity contribution >= 4 is 65.6 Å². The van der Waals surface area contributed by atoms with Crippen molar-refractivity contribution in [1.29, 1.82) is 0 Å². The van der Waals surface area contributed by atoms with Crippen LogP contribution in [-0.4, -0.2) is 52.6 Å². The lowest BCUT2D eigenvalue weighted by Crippen LogP contribution is -2.11. The molecular formula is C15H16Br2N10. The van der Waals surface area contributed by atoms with Gasteiger partial charge >= 0.3 is 0 Å². The standard InChI is InChI=1S/C15H16Br2N10/c1-26-14-8(10(16)24-26)12(20-6-22-14)18-4-3-5-19-13-9-11(17)25-27(2)15(9)23-7-21-13/h6-7H,3-5H2,1-2H3,(H,18,20,22)(H,19,21,23). The Balaban J connectivity index is 1.39. The molecule has 0 aliphatic heterocycles. The molecule has 27 heavy (non-hydrogen) atoms. The van der Waals surface area contributed by atoms with E-state index in [0.717, 1.165) is 62.4 Å². The highest BCUT2D eigenvalue weighted by molar-refractivity contribution is 9.10. The lowest BCUT2D eigenvalue weighted by Gasteiger charge is -2.08. The normalized spacial score (nSPS) is 11.4. The van der Waals surface area contributed by atoms with E-state index in [2.05, 4.69) is 72.6 Å². The SMILES string of the molecule is Cn1nc(Br)c2c(NCCCNc3ncnc4c3c(Br)nn4C)ncnc21. The molecule has 10 nitrogen and oxygen atoms in total. The lowest BCUT2D eigenvalue weighted by molar-refractivity contribution is 0.777. The van der Waals surface area contributed by atoms with E-state index in [1.807, 2.05) is 14.1 Å². The van der Waals surface area contributed by atoms with Gasteiger partial charge in [0.05, 0.1) is 10.8 Å². The van der Waals surface area contributed by atoms with E-state index in [1.54, 1.807) is 9.36 Å². The van der Waals surface area contributed by atoms with Crippen LogP contribution in [-0.2, 0) is 14.1 Å². The zero-order chi connectivity index (χ0) is 19.0. The van der Waals surface area contributed by atoms with Gasteiger partial charge in [-0.2, -0.15) is 10.2 Å². The number of aryl methyl sites for hydroxylation is 2. The highest BCUT2D eigenvalue weighted by Gasteiger charge is 2.14. The second kappa shape index (κ2) is 7.35. The third-order valence-corrected chi connectivity index (χ3v) is 5.20. The van der Waals surface area contributed by atoms with Gasteiger partial charge in [0, 0.05) is 27.2 Å². The number of nitrogens with zero attached hydrogens (tertiary/aromatic N) is 8. The summed E-state index contributed by atoms with van der Waals surface area (Å²) in [5.74, 6) is 1.53. The highest BCUT2D eigenvalue weighted by Crippen LogP contribution is 2.27. The van der Waals surface area contributed by atoms with Crippen molar-refractivity contribution in [1.82, 2.24) is 39.5 Å². The lowest BCUT2D eigenvalue weighted by atomic mass is 10.3. The predicted molar refractivity (Wildman–Crippen MR) is 110 cm³/mol. The maximum Gasteiger partial charge on any atom is 0.164 e. The van der Waals surface area contributed by atoms with Crippen molar-refractivity contribution in [3.05, 3.63) is 21.9 Å². The summed E-state index contributed by atoms with van der Waals surface area (Å²) in [6, 6.07) is 0. The largest absolute Gasteiger partial charge is 0.369 e. The number of anilines is 2. The van der Waals surface area contributed by atoms with Gasteiger partial charge in [0.2, 0.25) is 0 Å². The van der Waals surface area contributed by atoms with Gasteiger partial charge in [-0.3, -0.25) is 0 Å². The molecule has 0 saturated carbocycles.